The van der Waals surface area contributed by atoms with Gasteiger partial charge in [0.15, 0.2) is 0 Å². The first kappa shape index (κ1) is 38.5. The van der Waals surface area contributed by atoms with Crippen LogP contribution in [0.2, 0.25) is 0 Å². The van der Waals surface area contributed by atoms with E-state index in [1.807, 2.05) is 0 Å². The number of epoxide rings is 2. The molecule has 0 aromatic carbocycles. The van der Waals surface area contributed by atoms with Crippen LogP contribution in [0.5, 0.6) is 0 Å². The molecule has 254 valence electrons. The van der Waals surface area contributed by atoms with Crippen molar-refractivity contribution >= 4 is 11.8 Å². The van der Waals surface area contributed by atoms with E-state index in [-0.39, 0.29) is 11.8 Å². The van der Waals surface area contributed by atoms with Crippen molar-refractivity contribution in [3.05, 3.63) is 24.3 Å². The summed E-state index contributed by atoms with van der Waals surface area (Å²) in [5.41, 5.74) is 0. The lowest BCUT2D eigenvalue weighted by molar-refractivity contribution is -0.123. The van der Waals surface area contributed by atoms with E-state index in [0.29, 0.717) is 50.3 Å². The number of rotatable bonds is 31. The Hall–Kier alpha value is -1.66. The van der Waals surface area contributed by atoms with Crippen LogP contribution in [-0.4, -0.2) is 49.3 Å². The minimum Gasteiger partial charge on any atom is -0.369 e. The number of carbonyl (C=O) groups is 2. The van der Waals surface area contributed by atoms with E-state index < -0.39 is 0 Å². The number of hydrogen-bond donors (Lipinski definition) is 2. The van der Waals surface area contributed by atoms with Gasteiger partial charge in [0.25, 0.3) is 0 Å². The second-order valence-corrected chi connectivity index (χ2v) is 13.1. The van der Waals surface area contributed by atoms with E-state index >= 15 is 0 Å². The van der Waals surface area contributed by atoms with Crippen LogP contribution in [-0.2, 0) is 19.1 Å². The molecule has 2 rings (SSSR count). The smallest absolute Gasteiger partial charge is 0.220 e. The fraction of sp³-hybridized carbons (Fsp3) is 0.842. The summed E-state index contributed by atoms with van der Waals surface area (Å²) in [5.74, 6) is 0.194. The molecular weight excluding hydrogens is 548 g/mol. The van der Waals surface area contributed by atoms with Crippen LogP contribution < -0.4 is 10.6 Å². The van der Waals surface area contributed by atoms with Gasteiger partial charge in [0.05, 0.1) is 24.4 Å². The van der Waals surface area contributed by atoms with Crippen molar-refractivity contribution in [3.8, 4) is 0 Å². The van der Waals surface area contributed by atoms with Gasteiger partial charge in [-0.05, 0) is 64.2 Å². The van der Waals surface area contributed by atoms with Crippen molar-refractivity contribution in [3.63, 3.8) is 0 Å². The van der Waals surface area contributed by atoms with Crippen LogP contribution >= 0.6 is 0 Å². The van der Waals surface area contributed by atoms with Crippen molar-refractivity contribution < 1.29 is 19.1 Å². The average Bonchev–Trinajstić information content (AvgIpc) is 3.95. The number of hydrogen-bond acceptors (Lipinski definition) is 4. The summed E-state index contributed by atoms with van der Waals surface area (Å²) in [5, 5.41) is 5.87. The molecule has 2 heterocycles. The van der Waals surface area contributed by atoms with Gasteiger partial charge in [-0.2, -0.15) is 0 Å². The Bertz CT molecular complexity index is 719. The van der Waals surface area contributed by atoms with Crippen molar-refractivity contribution in [2.75, 3.05) is 13.1 Å². The Balaban J connectivity index is 1.25. The van der Waals surface area contributed by atoms with Crippen LogP contribution in [0.3, 0.4) is 0 Å². The maximum absolute atomic E-state index is 12.0. The first-order chi connectivity index (χ1) is 21.6. The lowest BCUT2D eigenvalue weighted by Gasteiger charge is -2.07. The summed E-state index contributed by atoms with van der Waals surface area (Å²) < 4.78 is 11.5. The zero-order chi connectivity index (χ0) is 31.5. The Morgan fingerprint density at radius 1 is 0.500 bits per heavy atom. The third-order valence-electron chi connectivity index (χ3n) is 8.95. The fourth-order valence-corrected chi connectivity index (χ4v) is 5.91. The number of carbonyl (C=O) groups excluding carboxylic acids is 2. The number of allylic oxidation sites excluding steroid dienone is 2. The summed E-state index contributed by atoms with van der Waals surface area (Å²) in [7, 11) is 0. The molecule has 2 aliphatic rings. The highest BCUT2D eigenvalue weighted by molar-refractivity contribution is 5.77. The van der Waals surface area contributed by atoms with Gasteiger partial charge in [0.2, 0.25) is 11.8 Å². The molecule has 2 fully saturated rings. The molecule has 0 spiro atoms. The minimum atomic E-state index is 0.0970. The summed E-state index contributed by atoms with van der Waals surface area (Å²) in [6, 6.07) is 0. The molecule has 0 aromatic heterocycles. The summed E-state index contributed by atoms with van der Waals surface area (Å²) in [6.45, 7) is 5.52. The van der Waals surface area contributed by atoms with Gasteiger partial charge in [-0.1, -0.05) is 115 Å². The second-order valence-electron chi connectivity index (χ2n) is 13.1. The topological polar surface area (TPSA) is 83.3 Å². The predicted octanol–water partition coefficient (Wildman–Crippen LogP) is 9.27. The van der Waals surface area contributed by atoms with Gasteiger partial charge in [0.1, 0.15) is 0 Å². The van der Waals surface area contributed by atoms with Crippen molar-refractivity contribution in [2.45, 2.75) is 192 Å². The molecule has 2 saturated heterocycles. The molecule has 0 saturated carbocycles. The number of unbranched alkanes of at least 4 members (excludes halogenated alkanes) is 14. The molecule has 4 atom stereocenters. The third kappa shape index (κ3) is 21.9. The van der Waals surface area contributed by atoms with E-state index in [1.54, 1.807) is 0 Å². The lowest BCUT2D eigenvalue weighted by Crippen LogP contribution is -2.34. The molecule has 0 bridgehead atoms. The third-order valence-corrected chi connectivity index (χ3v) is 8.95. The lowest BCUT2D eigenvalue weighted by atomic mass is 10.1. The summed E-state index contributed by atoms with van der Waals surface area (Å²) in [6.07, 6.45) is 38.5. The monoisotopic (exact) mass is 617 g/mol. The van der Waals surface area contributed by atoms with Gasteiger partial charge < -0.3 is 20.1 Å². The molecule has 44 heavy (non-hydrogen) atoms. The molecule has 0 aliphatic carbocycles. The molecular formula is C38H68N2O4. The van der Waals surface area contributed by atoms with Crippen molar-refractivity contribution in [1.29, 1.82) is 0 Å². The minimum absolute atomic E-state index is 0.0970. The van der Waals surface area contributed by atoms with Crippen molar-refractivity contribution in [1.82, 2.24) is 10.6 Å². The maximum Gasteiger partial charge on any atom is 0.220 e. The predicted molar refractivity (Wildman–Crippen MR) is 184 cm³/mol. The van der Waals surface area contributed by atoms with Crippen molar-refractivity contribution in [2.24, 2.45) is 0 Å². The molecule has 0 unspecified atom stereocenters. The highest BCUT2D eigenvalue weighted by Gasteiger charge is 2.37. The number of ether oxygens (including phenoxy) is 2. The Morgan fingerprint density at radius 3 is 1.34 bits per heavy atom. The van der Waals surface area contributed by atoms with E-state index in [9.17, 15) is 9.59 Å². The largest absolute Gasteiger partial charge is 0.369 e. The molecule has 0 aromatic rings. The zero-order valence-corrected chi connectivity index (χ0v) is 28.6. The summed E-state index contributed by atoms with van der Waals surface area (Å²) >= 11 is 0. The molecule has 2 amide bonds. The highest BCUT2D eigenvalue weighted by atomic mass is 16.6. The first-order valence-electron chi connectivity index (χ1n) is 18.8. The maximum atomic E-state index is 12.0. The van der Waals surface area contributed by atoms with Gasteiger partial charge in [-0.3, -0.25) is 9.59 Å². The standard InChI is InChI=1S/C38H68N2O4/c1-3-5-19-25-33-35(43-33)27-21-15-11-7-9-13-17-23-29-37(41)39-31-32-40-38(42)30-24-18-14-10-8-12-16-22-28-36-34(44-36)26-20-6-4-2/h15-16,21-22,33-36H,3-14,17-20,23-32H2,1-2H3,(H,39,41)(H,40,42)/b21-15-,22-16-/t33-,34-,35+,36+/m1/s1. The second kappa shape index (κ2) is 26.5. The molecule has 2 N–H and O–H groups in total. The molecule has 6 nitrogen and oxygen atoms in total. The van der Waals surface area contributed by atoms with Crippen LogP contribution in [0.1, 0.15) is 168 Å². The van der Waals surface area contributed by atoms with Crippen LogP contribution in [0, 0.1) is 0 Å². The Kier molecular flexibility index (Phi) is 23.2. The highest BCUT2D eigenvalue weighted by Crippen LogP contribution is 2.31. The van der Waals surface area contributed by atoms with Gasteiger partial charge >= 0.3 is 0 Å². The fourth-order valence-electron chi connectivity index (χ4n) is 5.91. The van der Waals surface area contributed by atoms with Gasteiger partial charge in [-0.25, -0.2) is 0 Å². The van der Waals surface area contributed by atoms with Crippen LogP contribution in [0.15, 0.2) is 24.3 Å². The quantitative estimate of drug-likeness (QED) is 0.0462. The number of amides is 2. The van der Waals surface area contributed by atoms with E-state index in [0.717, 1.165) is 51.4 Å². The average molecular weight is 617 g/mol. The molecule has 0 radical (unpaired) electrons. The first-order valence-corrected chi connectivity index (χ1v) is 18.8. The SMILES string of the molecule is CCCCC[C@H]1O[C@H]1C/C=C\CCCCCCCC(=O)NCCNC(=O)CCCCCCC/C=C\C[C@@H]1O[C@@H]1CCCCC. The zero-order valence-electron chi connectivity index (χ0n) is 28.6. The van der Waals surface area contributed by atoms with Gasteiger partial charge in [-0.15, -0.1) is 0 Å². The normalized spacial score (nSPS) is 20.9. The van der Waals surface area contributed by atoms with Gasteiger partial charge in [0, 0.05) is 25.9 Å². The van der Waals surface area contributed by atoms with E-state index in [4.69, 9.17) is 9.47 Å². The number of nitrogens with one attached hydrogen (secondary N) is 2. The van der Waals surface area contributed by atoms with E-state index in [1.165, 1.54) is 89.9 Å². The molecule has 2 aliphatic heterocycles. The van der Waals surface area contributed by atoms with Crippen LogP contribution in [0.4, 0.5) is 0 Å². The van der Waals surface area contributed by atoms with E-state index in [2.05, 4.69) is 48.8 Å². The summed E-state index contributed by atoms with van der Waals surface area (Å²) in [4.78, 5) is 24.1. The van der Waals surface area contributed by atoms with Crippen LogP contribution in [0.25, 0.3) is 0 Å². The molecule has 6 heteroatoms. The Morgan fingerprint density at radius 2 is 0.909 bits per heavy atom. The Labute approximate surface area is 271 Å².